The van der Waals surface area contributed by atoms with Gasteiger partial charge < -0.3 is 0 Å². The van der Waals surface area contributed by atoms with E-state index in [1.165, 1.54) is 0 Å². The molecule has 4 aliphatic rings. The van der Waals surface area contributed by atoms with Crippen LogP contribution in [0.2, 0.25) is 0 Å². The van der Waals surface area contributed by atoms with Crippen molar-refractivity contribution in [2.45, 2.75) is 13.8 Å². The molecule has 0 radical (unpaired) electrons. The zero-order chi connectivity index (χ0) is 14.7. The van der Waals surface area contributed by atoms with Crippen LogP contribution in [0.15, 0.2) is 23.3 Å². The third-order valence-corrected chi connectivity index (χ3v) is 5.39. The molecule has 0 aliphatic heterocycles. The highest BCUT2D eigenvalue weighted by Crippen LogP contribution is 2.69. The Kier molecular flexibility index (Phi) is 2.19. The first-order chi connectivity index (χ1) is 9.52. The number of fused-ring (bicyclic) bond motifs is 1. The van der Waals surface area contributed by atoms with Crippen LogP contribution in [0.3, 0.4) is 0 Å². The first-order valence-corrected chi connectivity index (χ1v) is 6.54. The van der Waals surface area contributed by atoms with Crippen LogP contribution in [0.25, 0.3) is 0 Å². The van der Waals surface area contributed by atoms with Crippen LogP contribution in [-0.4, -0.2) is 0 Å². The molecule has 0 unspecified atom stereocenters. The molecule has 4 heteroatoms. The SMILES string of the molecule is CC1=C[C@H]2[C@@H]1[C@@H]1C=C(C)[C@@H]2C(C#N)(C#N)C1(C#N)C#N. The smallest absolute Gasteiger partial charge is 0.183 e. The van der Waals surface area contributed by atoms with Gasteiger partial charge in [0.15, 0.2) is 10.8 Å². The van der Waals surface area contributed by atoms with Gasteiger partial charge in [0.25, 0.3) is 0 Å². The summed E-state index contributed by atoms with van der Waals surface area (Å²) in [5, 5.41) is 38.6. The Morgan fingerprint density at radius 2 is 1.40 bits per heavy atom. The van der Waals surface area contributed by atoms with Gasteiger partial charge in [0.05, 0.1) is 24.3 Å². The van der Waals surface area contributed by atoms with Crippen molar-refractivity contribution in [2.75, 3.05) is 0 Å². The Labute approximate surface area is 117 Å². The first kappa shape index (κ1) is 12.5. The molecule has 0 heterocycles. The van der Waals surface area contributed by atoms with Gasteiger partial charge in [-0.2, -0.15) is 21.0 Å². The fraction of sp³-hybridized carbons (Fsp3) is 0.500. The molecule has 0 N–H and O–H groups in total. The van der Waals surface area contributed by atoms with Crippen LogP contribution in [-0.2, 0) is 0 Å². The summed E-state index contributed by atoms with van der Waals surface area (Å²) in [6.45, 7) is 3.89. The number of nitrogens with zero attached hydrogens (tertiary/aromatic N) is 4. The van der Waals surface area contributed by atoms with E-state index < -0.39 is 10.8 Å². The first-order valence-electron chi connectivity index (χ1n) is 6.54. The van der Waals surface area contributed by atoms with E-state index in [0.717, 1.165) is 11.1 Å². The highest BCUT2D eigenvalue weighted by Gasteiger charge is 2.73. The zero-order valence-electron chi connectivity index (χ0n) is 11.3. The van der Waals surface area contributed by atoms with Gasteiger partial charge in [-0.15, -0.1) is 0 Å². The summed E-state index contributed by atoms with van der Waals surface area (Å²) < 4.78 is 0. The summed E-state index contributed by atoms with van der Waals surface area (Å²) in [4.78, 5) is 0. The predicted molar refractivity (Wildman–Crippen MR) is 68.8 cm³/mol. The molecule has 96 valence electrons. The van der Waals surface area contributed by atoms with Gasteiger partial charge in [-0.05, 0) is 25.7 Å². The second kappa shape index (κ2) is 3.50. The van der Waals surface area contributed by atoms with E-state index in [-0.39, 0.29) is 23.7 Å². The van der Waals surface area contributed by atoms with E-state index in [2.05, 4.69) is 6.08 Å². The Bertz CT molecular complexity index is 700. The summed E-state index contributed by atoms with van der Waals surface area (Å²) >= 11 is 0. The topological polar surface area (TPSA) is 95.2 Å². The van der Waals surface area contributed by atoms with Crippen molar-refractivity contribution in [3.8, 4) is 24.3 Å². The van der Waals surface area contributed by atoms with Gasteiger partial charge in [-0.25, -0.2) is 0 Å². The molecule has 0 aromatic rings. The Hall–Kier alpha value is -2.56. The largest absolute Gasteiger partial charge is 0.196 e. The third-order valence-electron chi connectivity index (χ3n) is 5.39. The lowest BCUT2D eigenvalue weighted by atomic mass is 9.36. The maximum atomic E-state index is 9.65. The molecule has 1 fully saturated rings. The Morgan fingerprint density at radius 1 is 0.850 bits per heavy atom. The van der Waals surface area contributed by atoms with E-state index in [9.17, 15) is 21.0 Å². The Morgan fingerprint density at radius 3 is 1.85 bits per heavy atom. The number of nitriles is 4. The monoisotopic (exact) mass is 260 g/mol. The molecule has 2 bridgehead atoms. The fourth-order valence-corrected chi connectivity index (χ4v) is 4.55. The normalized spacial score (nSPS) is 37.7. The van der Waals surface area contributed by atoms with E-state index in [1.54, 1.807) is 0 Å². The molecular weight excluding hydrogens is 248 g/mol. The van der Waals surface area contributed by atoms with Crippen molar-refractivity contribution in [3.63, 3.8) is 0 Å². The molecule has 4 rings (SSSR count). The molecule has 1 saturated carbocycles. The summed E-state index contributed by atoms with van der Waals surface area (Å²) in [6.07, 6.45) is 4.03. The van der Waals surface area contributed by atoms with E-state index in [1.807, 2.05) is 44.2 Å². The molecule has 4 nitrogen and oxygen atoms in total. The van der Waals surface area contributed by atoms with E-state index >= 15 is 0 Å². The molecule has 4 atom stereocenters. The van der Waals surface area contributed by atoms with Crippen LogP contribution < -0.4 is 0 Å². The lowest BCUT2D eigenvalue weighted by molar-refractivity contribution is -0.00608. The highest BCUT2D eigenvalue weighted by atomic mass is 14.7. The summed E-state index contributed by atoms with van der Waals surface area (Å²) in [6, 6.07) is 8.17. The standard InChI is InChI=1S/C16H12N4/c1-9-3-11-13(9)12-4-10(2)14(11)16(7-19,8-20)15(12,5-17)6-18/h3-4,11-14H,1-2H3/t11-,12-,13+,14-/m0/s1. The highest BCUT2D eigenvalue weighted by molar-refractivity contribution is 5.52. The second-order valence-corrected chi connectivity index (χ2v) is 5.99. The molecule has 0 saturated heterocycles. The summed E-state index contributed by atoms with van der Waals surface area (Å²) in [5.74, 6) is -0.482. The van der Waals surface area contributed by atoms with Crippen LogP contribution >= 0.6 is 0 Å². The zero-order valence-corrected chi connectivity index (χ0v) is 11.3. The second-order valence-electron chi connectivity index (χ2n) is 5.99. The molecule has 0 aromatic carbocycles. The average Bonchev–Trinajstić information content (AvgIpc) is 2.44. The van der Waals surface area contributed by atoms with Crippen molar-refractivity contribution in [1.82, 2.24) is 0 Å². The summed E-state index contributed by atoms with van der Waals surface area (Å²) in [5.41, 5.74) is -1.02. The minimum absolute atomic E-state index is 0.110. The number of hydrogen-bond donors (Lipinski definition) is 0. The quantitative estimate of drug-likeness (QED) is 0.625. The van der Waals surface area contributed by atoms with Crippen molar-refractivity contribution in [3.05, 3.63) is 23.3 Å². The van der Waals surface area contributed by atoms with Gasteiger partial charge in [0.2, 0.25) is 0 Å². The molecular formula is C16H12N4. The minimum Gasteiger partial charge on any atom is -0.196 e. The van der Waals surface area contributed by atoms with Crippen molar-refractivity contribution in [2.24, 2.45) is 34.5 Å². The van der Waals surface area contributed by atoms with Crippen LogP contribution in [0.5, 0.6) is 0 Å². The molecule has 0 spiro atoms. The third kappa shape index (κ3) is 0.943. The molecule has 20 heavy (non-hydrogen) atoms. The van der Waals surface area contributed by atoms with Crippen molar-refractivity contribution >= 4 is 0 Å². The van der Waals surface area contributed by atoms with E-state index in [0.29, 0.717) is 0 Å². The number of allylic oxidation sites excluding steroid dienone is 4. The molecule has 4 aliphatic carbocycles. The Balaban J connectivity index is 2.37. The van der Waals surface area contributed by atoms with Crippen LogP contribution in [0.1, 0.15) is 13.8 Å². The van der Waals surface area contributed by atoms with Gasteiger partial charge in [-0.1, -0.05) is 23.3 Å². The lowest BCUT2D eigenvalue weighted by Gasteiger charge is -2.61. The average molecular weight is 260 g/mol. The lowest BCUT2D eigenvalue weighted by Crippen LogP contribution is -2.63. The fourth-order valence-electron chi connectivity index (χ4n) is 4.55. The maximum absolute atomic E-state index is 9.65. The minimum atomic E-state index is -1.57. The predicted octanol–water partition coefficient (Wildman–Crippen LogP) is 2.45. The molecule has 0 aromatic heterocycles. The van der Waals surface area contributed by atoms with Gasteiger partial charge in [0.1, 0.15) is 0 Å². The summed E-state index contributed by atoms with van der Waals surface area (Å²) in [7, 11) is 0. The van der Waals surface area contributed by atoms with Gasteiger partial charge in [0, 0.05) is 11.8 Å². The number of rotatable bonds is 0. The van der Waals surface area contributed by atoms with Crippen LogP contribution in [0.4, 0.5) is 0 Å². The van der Waals surface area contributed by atoms with Crippen molar-refractivity contribution in [1.29, 1.82) is 21.0 Å². The number of hydrogen-bond acceptors (Lipinski definition) is 4. The van der Waals surface area contributed by atoms with Gasteiger partial charge >= 0.3 is 0 Å². The maximum Gasteiger partial charge on any atom is 0.183 e. The van der Waals surface area contributed by atoms with Gasteiger partial charge in [-0.3, -0.25) is 0 Å². The van der Waals surface area contributed by atoms with E-state index in [4.69, 9.17) is 0 Å². The van der Waals surface area contributed by atoms with Crippen molar-refractivity contribution < 1.29 is 0 Å². The molecule has 0 amide bonds. The van der Waals surface area contributed by atoms with Crippen LogP contribution in [0, 0.1) is 79.8 Å².